The zero-order chi connectivity index (χ0) is 15.2. The van der Waals surface area contributed by atoms with E-state index in [0.29, 0.717) is 12.5 Å². The van der Waals surface area contributed by atoms with E-state index in [1.165, 1.54) is 4.88 Å². The second-order valence-corrected chi connectivity index (χ2v) is 7.05. The molecule has 0 bridgehead atoms. The van der Waals surface area contributed by atoms with Gasteiger partial charge in [-0.2, -0.15) is 0 Å². The molecule has 0 radical (unpaired) electrons. The average molecular weight is 299 g/mol. The number of ether oxygens (including phenoxy) is 1. The Hall–Kier alpha value is -1.14. The van der Waals surface area contributed by atoms with E-state index in [4.69, 9.17) is 4.74 Å². The number of hydrogen-bond acceptors (Lipinski definition) is 5. The lowest BCUT2D eigenvalue weighted by Crippen LogP contribution is -2.45. The SMILES string of the molecule is CC(C)C(CNC(=O)OC(C)(C)C)NCc1cncs1. The van der Waals surface area contributed by atoms with Crippen LogP contribution in [0.5, 0.6) is 0 Å². The van der Waals surface area contributed by atoms with Crippen LogP contribution in [0, 0.1) is 5.92 Å². The largest absolute Gasteiger partial charge is 0.444 e. The molecular weight excluding hydrogens is 274 g/mol. The van der Waals surface area contributed by atoms with Crippen LogP contribution < -0.4 is 10.6 Å². The fourth-order valence-corrected chi connectivity index (χ4v) is 2.16. The summed E-state index contributed by atoms with van der Waals surface area (Å²) in [5.41, 5.74) is 1.35. The Morgan fingerprint density at radius 1 is 1.45 bits per heavy atom. The molecule has 0 aromatic carbocycles. The van der Waals surface area contributed by atoms with E-state index in [1.807, 2.05) is 32.5 Å². The summed E-state index contributed by atoms with van der Waals surface area (Å²) in [5, 5.41) is 6.25. The van der Waals surface area contributed by atoms with Gasteiger partial charge in [0.1, 0.15) is 5.60 Å². The molecule has 0 spiro atoms. The van der Waals surface area contributed by atoms with Gasteiger partial charge in [0.15, 0.2) is 0 Å². The third kappa shape index (κ3) is 6.86. The molecule has 5 nitrogen and oxygen atoms in total. The van der Waals surface area contributed by atoms with E-state index in [-0.39, 0.29) is 12.1 Å². The minimum atomic E-state index is -0.465. The quantitative estimate of drug-likeness (QED) is 0.848. The molecular formula is C14H25N3O2S. The van der Waals surface area contributed by atoms with E-state index in [2.05, 4.69) is 29.5 Å². The molecule has 0 aliphatic carbocycles. The van der Waals surface area contributed by atoms with Gasteiger partial charge in [-0.25, -0.2) is 4.79 Å². The Morgan fingerprint density at radius 2 is 2.15 bits per heavy atom. The highest BCUT2D eigenvalue weighted by molar-refractivity contribution is 7.09. The first-order valence-corrected chi connectivity index (χ1v) is 7.73. The maximum atomic E-state index is 11.6. The van der Waals surface area contributed by atoms with E-state index >= 15 is 0 Å². The fourth-order valence-electron chi connectivity index (χ4n) is 1.61. The van der Waals surface area contributed by atoms with E-state index in [0.717, 1.165) is 6.54 Å². The van der Waals surface area contributed by atoms with Gasteiger partial charge < -0.3 is 15.4 Å². The van der Waals surface area contributed by atoms with Gasteiger partial charge in [0.05, 0.1) is 5.51 Å². The van der Waals surface area contributed by atoms with Crippen molar-refractivity contribution in [2.75, 3.05) is 6.54 Å². The number of aromatic nitrogens is 1. The van der Waals surface area contributed by atoms with Crippen LogP contribution in [-0.2, 0) is 11.3 Å². The molecule has 0 aliphatic heterocycles. The summed E-state index contributed by atoms with van der Waals surface area (Å²) in [4.78, 5) is 16.9. The van der Waals surface area contributed by atoms with Crippen molar-refractivity contribution < 1.29 is 9.53 Å². The molecule has 0 aliphatic rings. The molecule has 6 heteroatoms. The summed E-state index contributed by atoms with van der Waals surface area (Å²) in [6, 6.07) is 0.199. The van der Waals surface area contributed by atoms with Crippen LogP contribution in [0.25, 0.3) is 0 Å². The zero-order valence-electron chi connectivity index (χ0n) is 12.9. The number of alkyl carbamates (subject to hydrolysis) is 1. The van der Waals surface area contributed by atoms with Crippen molar-refractivity contribution >= 4 is 17.4 Å². The van der Waals surface area contributed by atoms with Gasteiger partial charge in [-0.3, -0.25) is 4.98 Å². The van der Waals surface area contributed by atoms with E-state index < -0.39 is 5.60 Å². The van der Waals surface area contributed by atoms with E-state index in [1.54, 1.807) is 11.3 Å². The van der Waals surface area contributed by atoms with Crippen LogP contribution in [0.3, 0.4) is 0 Å². The highest BCUT2D eigenvalue weighted by Gasteiger charge is 2.18. The highest BCUT2D eigenvalue weighted by atomic mass is 32.1. The summed E-state index contributed by atoms with van der Waals surface area (Å²) in [6.45, 7) is 11.1. The smallest absolute Gasteiger partial charge is 0.407 e. The van der Waals surface area contributed by atoms with Gasteiger partial charge in [0, 0.05) is 30.2 Å². The van der Waals surface area contributed by atoms with Gasteiger partial charge in [-0.15, -0.1) is 11.3 Å². The fraction of sp³-hybridized carbons (Fsp3) is 0.714. The van der Waals surface area contributed by atoms with Crippen molar-refractivity contribution in [1.29, 1.82) is 0 Å². The first-order chi connectivity index (χ1) is 9.28. The van der Waals surface area contributed by atoms with Crippen LogP contribution in [0.4, 0.5) is 4.79 Å². The van der Waals surface area contributed by atoms with Crippen molar-refractivity contribution in [2.45, 2.75) is 52.8 Å². The van der Waals surface area contributed by atoms with Gasteiger partial charge >= 0.3 is 6.09 Å². The number of nitrogens with zero attached hydrogens (tertiary/aromatic N) is 1. The molecule has 1 heterocycles. The van der Waals surface area contributed by atoms with Crippen molar-refractivity contribution in [1.82, 2.24) is 15.6 Å². The number of rotatable bonds is 6. The Kier molecular flexibility index (Phi) is 6.42. The first-order valence-electron chi connectivity index (χ1n) is 6.85. The number of nitrogens with one attached hydrogen (secondary N) is 2. The standard InChI is InChI=1S/C14H25N3O2S/c1-10(2)12(16-7-11-6-15-9-20-11)8-17-13(18)19-14(3,4)5/h6,9-10,12,16H,7-8H2,1-5H3,(H,17,18). The average Bonchev–Trinajstić information content (AvgIpc) is 2.78. The molecule has 1 aromatic rings. The summed E-state index contributed by atoms with van der Waals surface area (Å²) in [7, 11) is 0. The Balaban J connectivity index is 2.37. The minimum Gasteiger partial charge on any atom is -0.444 e. The van der Waals surface area contributed by atoms with Crippen LogP contribution in [0.1, 0.15) is 39.5 Å². The maximum absolute atomic E-state index is 11.6. The second-order valence-electron chi connectivity index (χ2n) is 6.08. The summed E-state index contributed by atoms with van der Waals surface area (Å²) >= 11 is 1.62. The van der Waals surface area contributed by atoms with Crippen molar-refractivity contribution in [2.24, 2.45) is 5.92 Å². The van der Waals surface area contributed by atoms with Crippen molar-refractivity contribution in [3.63, 3.8) is 0 Å². The Labute approximate surface area is 125 Å². The third-order valence-electron chi connectivity index (χ3n) is 2.69. The first kappa shape index (κ1) is 16.9. The number of amides is 1. The van der Waals surface area contributed by atoms with Gasteiger partial charge in [0.2, 0.25) is 0 Å². The van der Waals surface area contributed by atoms with Crippen LogP contribution in [0.15, 0.2) is 11.7 Å². The number of carbonyl (C=O) groups excluding carboxylic acids is 1. The molecule has 1 rings (SSSR count). The lowest BCUT2D eigenvalue weighted by Gasteiger charge is -2.24. The Bertz CT molecular complexity index is 399. The zero-order valence-corrected chi connectivity index (χ0v) is 13.7. The lowest BCUT2D eigenvalue weighted by atomic mass is 10.0. The van der Waals surface area contributed by atoms with Crippen LogP contribution in [-0.4, -0.2) is 29.3 Å². The summed E-state index contributed by atoms with van der Waals surface area (Å²) < 4.78 is 5.23. The molecule has 2 N–H and O–H groups in total. The molecule has 1 unspecified atom stereocenters. The second kappa shape index (κ2) is 7.59. The summed E-state index contributed by atoms with van der Waals surface area (Å²) in [5.74, 6) is 0.415. The highest BCUT2D eigenvalue weighted by Crippen LogP contribution is 2.09. The third-order valence-corrected chi connectivity index (χ3v) is 3.47. The normalized spacial score (nSPS) is 13.3. The molecule has 1 aromatic heterocycles. The van der Waals surface area contributed by atoms with E-state index in [9.17, 15) is 4.79 Å². The lowest BCUT2D eigenvalue weighted by molar-refractivity contribution is 0.0519. The molecule has 0 saturated heterocycles. The molecule has 1 atom stereocenters. The van der Waals surface area contributed by atoms with Crippen molar-refractivity contribution in [3.05, 3.63) is 16.6 Å². The number of thiazole rings is 1. The van der Waals surface area contributed by atoms with Crippen LogP contribution in [0.2, 0.25) is 0 Å². The maximum Gasteiger partial charge on any atom is 0.407 e. The molecule has 114 valence electrons. The number of carbonyl (C=O) groups is 1. The molecule has 1 amide bonds. The molecule has 0 fully saturated rings. The minimum absolute atomic E-state index is 0.199. The molecule has 0 saturated carbocycles. The predicted molar refractivity (Wildman–Crippen MR) is 81.8 cm³/mol. The van der Waals surface area contributed by atoms with Gasteiger partial charge in [-0.05, 0) is 26.7 Å². The van der Waals surface area contributed by atoms with Gasteiger partial charge in [0.25, 0.3) is 0 Å². The Morgan fingerprint density at radius 3 is 2.65 bits per heavy atom. The molecule has 20 heavy (non-hydrogen) atoms. The topological polar surface area (TPSA) is 63.2 Å². The number of hydrogen-bond donors (Lipinski definition) is 2. The predicted octanol–water partition coefficient (Wildman–Crippen LogP) is 2.78. The monoisotopic (exact) mass is 299 g/mol. The van der Waals surface area contributed by atoms with Gasteiger partial charge in [-0.1, -0.05) is 13.8 Å². The van der Waals surface area contributed by atoms with Crippen molar-refractivity contribution in [3.8, 4) is 0 Å². The van der Waals surface area contributed by atoms with Crippen LogP contribution >= 0.6 is 11.3 Å². The summed E-state index contributed by atoms with van der Waals surface area (Å²) in [6.07, 6.45) is 1.49.